The Kier molecular flexibility index (Phi) is 8.51. The molecular formula is C17H28IN3O2. The molecule has 1 aliphatic heterocycles. The van der Waals surface area contributed by atoms with Crippen molar-refractivity contribution in [2.75, 3.05) is 34.4 Å². The summed E-state index contributed by atoms with van der Waals surface area (Å²) in [6.07, 6.45) is 2.53. The molecule has 23 heavy (non-hydrogen) atoms. The van der Waals surface area contributed by atoms with Crippen LogP contribution in [0, 0.1) is 5.92 Å². The third-order valence-corrected chi connectivity index (χ3v) is 4.09. The molecule has 1 fully saturated rings. The summed E-state index contributed by atoms with van der Waals surface area (Å²) in [5.41, 5.74) is 1.06. The Balaban J connectivity index is 0.00000264. The molecule has 0 aliphatic carbocycles. The minimum Gasteiger partial charge on any atom is -0.493 e. The Morgan fingerprint density at radius 1 is 1.35 bits per heavy atom. The highest BCUT2D eigenvalue weighted by Gasteiger charge is 2.19. The number of methoxy groups -OCH3 is 2. The molecule has 1 aromatic carbocycles. The number of para-hydroxylation sites is 1. The van der Waals surface area contributed by atoms with Crippen molar-refractivity contribution in [2.45, 2.75) is 26.3 Å². The first-order valence-electron chi connectivity index (χ1n) is 7.85. The topological polar surface area (TPSA) is 46.1 Å². The van der Waals surface area contributed by atoms with E-state index in [0.717, 1.165) is 42.0 Å². The summed E-state index contributed by atoms with van der Waals surface area (Å²) < 4.78 is 10.8. The van der Waals surface area contributed by atoms with E-state index in [4.69, 9.17) is 9.47 Å². The van der Waals surface area contributed by atoms with Gasteiger partial charge in [-0.25, -0.2) is 0 Å². The second-order valence-corrected chi connectivity index (χ2v) is 5.75. The molecule has 5 nitrogen and oxygen atoms in total. The highest BCUT2D eigenvalue weighted by molar-refractivity contribution is 14.0. The third kappa shape index (κ3) is 5.16. The molecule has 130 valence electrons. The standard InChI is InChI=1S/C17H27N3O2.HI/c1-13-7-6-10-20(12-13)17(18-2)19-11-14-8-5-9-15(21-3)16(14)22-4;/h5,8-9,13H,6-7,10-12H2,1-4H3,(H,18,19);1H. The second-order valence-electron chi connectivity index (χ2n) is 5.75. The number of benzene rings is 1. The minimum atomic E-state index is 0. The zero-order valence-electron chi connectivity index (χ0n) is 14.5. The molecule has 0 bridgehead atoms. The molecule has 1 saturated heterocycles. The first kappa shape index (κ1) is 19.9. The number of hydrogen-bond acceptors (Lipinski definition) is 3. The molecule has 0 radical (unpaired) electrons. The lowest BCUT2D eigenvalue weighted by Crippen LogP contribution is -2.45. The van der Waals surface area contributed by atoms with Gasteiger partial charge in [0.1, 0.15) is 0 Å². The van der Waals surface area contributed by atoms with Gasteiger partial charge < -0.3 is 19.7 Å². The maximum Gasteiger partial charge on any atom is 0.193 e. The summed E-state index contributed by atoms with van der Waals surface area (Å²) in [4.78, 5) is 6.75. The summed E-state index contributed by atoms with van der Waals surface area (Å²) in [5.74, 6) is 3.21. The van der Waals surface area contributed by atoms with Crippen molar-refractivity contribution in [2.24, 2.45) is 10.9 Å². The molecule has 1 unspecified atom stereocenters. The van der Waals surface area contributed by atoms with E-state index >= 15 is 0 Å². The van der Waals surface area contributed by atoms with Gasteiger partial charge in [-0.15, -0.1) is 24.0 Å². The van der Waals surface area contributed by atoms with Crippen LogP contribution < -0.4 is 14.8 Å². The molecule has 2 rings (SSSR count). The van der Waals surface area contributed by atoms with Crippen LogP contribution in [0.4, 0.5) is 0 Å². The Bertz CT molecular complexity index is 523. The van der Waals surface area contributed by atoms with Gasteiger partial charge >= 0.3 is 0 Å². The second kappa shape index (κ2) is 9.85. The Morgan fingerprint density at radius 2 is 2.13 bits per heavy atom. The number of ether oxygens (including phenoxy) is 2. The molecule has 0 saturated carbocycles. The number of aliphatic imine (C=N–C) groups is 1. The van der Waals surface area contributed by atoms with E-state index in [-0.39, 0.29) is 24.0 Å². The number of halogens is 1. The Labute approximate surface area is 156 Å². The highest BCUT2D eigenvalue weighted by Crippen LogP contribution is 2.30. The molecule has 0 amide bonds. The van der Waals surface area contributed by atoms with Crippen LogP contribution in [0.15, 0.2) is 23.2 Å². The predicted octanol–water partition coefficient (Wildman–Crippen LogP) is 3.13. The number of hydrogen-bond donors (Lipinski definition) is 1. The first-order chi connectivity index (χ1) is 10.7. The van der Waals surface area contributed by atoms with Crippen LogP contribution >= 0.6 is 24.0 Å². The lowest BCUT2D eigenvalue weighted by atomic mass is 10.0. The van der Waals surface area contributed by atoms with Crippen LogP contribution in [0.5, 0.6) is 11.5 Å². The van der Waals surface area contributed by atoms with Crippen molar-refractivity contribution in [3.8, 4) is 11.5 Å². The van der Waals surface area contributed by atoms with Gasteiger partial charge in [0.15, 0.2) is 17.5 Å². The van der Waals surface area contributed by atoms with E-state index in [1.54, 1.807) is 14.2 Å². The fraction of sp³-hybridized carbons (Fsp3) is 0.588. The lowest BCUT2D eigenvalue weighted by molar-refractivity contribution is 0.265. The number of piperidine rings is 1. The largest absolute Gasteiger partial charge is 0.493 e. The van der Waals surface area contributed by atoms with E-state index in [1.807, 2.05) is 25.2 Å². The highest BCUT2D eigenvalue weighted by atomic mass is 127. The third-order valence-electron chi connectivity index (χ3n) is 4.09. The van der Waals surface area contributed by atoms with Crippen LogP contribution in [0.25, 0.3) is 0 Å². The van der Waals surface area contributed by atoms with Gasteiger partial charge in [0.25, 0.3) is 0 Å². The van der Waals surface area contributed by atoms with Gasteiger partial charge in [0.05, 0.1) is 14.2 Å². The minimum absolute atomic E-state index is 0. The first-order valence-corrected chi connectivity index (χ1v) is 7.85. The number of guanidine groups is 1. The smallest absolute Gasteiger partial charge is 0.193 e. The predicted molar refractivity (Wildman–Crippen MR) is 105 cm³/mol. The molecule has 1 N–H and O–H groups in total. The summed E-state index contributed by atoms with van der Waals surface area (Å²) in [6.45, 7) is 5.09. The fourth-order valence-electron chi connectivity index (χ4n) is 2.98. The van der Waals surface area contributed by atoms with Gasteiger partial charge in [-0.3, -0.25) is 4.99 Å². The number of likely N-dealkylation sites (tertiary alicyclic amines) is 1. The number of rotatable bonds is 4. The van der Waals surface area contributed by atoms with Gasteiger partial charge in [0, 0.05) is 32.2 Å². The average Bonchev–Trinajstić information content (AvgIpc) is 2.55. The van der Waals surface area contributed by atoms with E-state index in [2.05, 4.69) is 22.1 Å². The van der Waals surface area contributed by atoms with Gasteiger partial charge in [-0.05, 0) is 24.8 Å². The quantitative estimate of drug-likeness (QED) is 0.451. The maximum atomic E-state index is 5.48. The van der Waals surface area contributed by atoms with Crippen molar-refractivity contribution in [3.05, 3.63) is 23.8 Å². The number of nitrogens with zero attached hydrogens (tertiary/aromatic N) is 2. The zero-order chi connectivity index (χ0) is 15.9. The SMILES string of the molecule is CN=C(NCc1cccc(OC)c1OC)N1CCCC(C)C1.I. The van der Waals surface area contributed by atoms with Crippen molar-refractivity contribution in [3.63, 3.8) is 0 Å². The van der Waals surface area contributed by atoms with E-state index in [9.17, 15) is 0 Å². The van der Waals surface area contributed by atoms with Gasteiger partial charge in [-0.2, -0.15) is 0 Å². The van der Waals surface area contributed by atoms with E-state index < -0.39 is 0 Å². The normalized spacial score (nSPS) is 18.2. The zero-order valence-corrected chi connectivity index (χ0v) is 16.8. The van der Waals surface area contributed by atoms with E-state index in [0.29, 0.717) is 6.54 Å². The van der Waals surface area contributed by atoms with Crippen molar-refractivity contribution >= 4 is 29.9 Å². The average molecular weight is 433 g/mol. The summed E-state index contributed by atoms with van der Waals surface area (Å²) in [6, 6.07) is 5.92. The van der Waals surface area contributed by atoms with Crippen LogP contribution in [0.1, 0.15) is 25.3 Å². The van der Waals surface area contributed by atoms with Crippen LogP contribution in [0.2, 0.25) is 0 Å². The monoisotopic (exact) mass is 433 g/mol. The van der Waals surface area contributed by atoms with Crippen LogP contribution in [-0.2, 0) is 6.54 Å². The number of nitrogens with one attached hydrogen (secondary N) is 1. The Hall–Kier alpha value is -1.18. The molecule has 1 heterocycles. The molecule has 6 heteroatoms. The fourth-order valence-corrected chi connectivity index (χ4v) is 2.98. The molecule has 1 atom stereocenters. The molecule has 0 aromatic heterocycles. The molecule has 1 aliphatic rings. The van der Waals surface area contributed by atoms with E-state index in [1.165, 1.54) is 12.8 Å². The van der Waals surface area contributed by atoms with Crippen LogP contribution in [0.3, 0.4) is 0 Å². The lowest BCUT2D eigenvalue weighted by Gasteiger charge is -2.33. The Morgan fingerprint density at radius 3 is 2.74 bits per heavy atom. The van der Waals surface area contributed by atoms with Crippen molar-refractivity contribution < 1.29 is 9.47 Å². The molecule has 0 spiro atoms. The maximum absolute atomic E-state index is 5.48. The van der Waals surface area contributed by atoms with Gasteiger partial charge in [0.2, 0.25) is 0 Å². The summed E-state index contributed by atoms with van der Waals surface area (Å²) in [7, 11) is 5.16. The summed E-state index contributed by atoms with van der Waals surface area (Å²) >= 11 is 0. The summed E-state index contributed by atoms with van der Waals surface area (Å²) in [5, 5.41) is 3.44. The molecular weight excluding hydrogens is 405 g/mol. The molecule has 1 aromatic rings. The van der Waals surface area contributed by atoms with Crippen molar-refractivity contribution in [1.82, 2.24) is 10.2 Å². The van der Waals surface area contributed by atoms with Crippen molar-refractivity contribution in [1.29, 1.82) is 0 Å². The van der Waals surface area contributed by atoms with Gasteiger partial charge in [-0.1, -0.05) is 19.1 Å². The van der Waals surface area contributed by atoms with Crippen LogP contribution in [-0.4, -0.2) is 45.2 Å².